The number of likely N-dealkylation sites (tertiary alicyclic amines) is 2. The molecule has 0 aliphatic carbocycles. The summed E-state index contributed by atoms with van der Waals surface area (Å²) in [6, 6.07) is 2.54. The molecule has 1 N–H and O–H groups in total. The number of nitrogens with one attached hydrogen (secondary N) is 1. The molecule has 3 aliphatic heterocycles. The smallest absolute Gasteiger partial charge is 0.263 e. The third-order valence-electron chi connectivity index (χ3n) is 7.10. The summed E-state index contributed by atoms with van der Waals surface area (Å²) in [5, 5.41) is 3.41. The zero-order chi connectivity index (χ0) is 20.2. The van der Waals surface area contributed by atoms with E-state index in [9.17, 15) is 9.59 Å². The molecule has 3 fully saturated rings. The molecule has 0 bridgehead atoms. The van der Waals surface area contributed by atoms with Crippen molar-refractivity contribution in [1.82, 2.24) is 19.7 Å². The Morgan fingerprint density at radius 2 is 1.83 bits per heavy atom. The van der Waals surface area contributed by atoms with Gasteiger partial charge in [0.2, 0.25) is 0 Å². The zero-order valence-corrected chi connectivity index (χ0v) is 17.9. The molecule has 29 heavy (non-hydrogen) atoms. The lowest BCUT2D eigenvalue weighted by atomic mass is 9.98. The van der Waals surface area contributed by atoms with Gasteiger partial charge in [0.15, 0.2) is 0 Å². The molecule has 0 spiro atoms. The predicted molar refractivity (Wildman–Crippen MR) is 115 cm³/mol. The van der Waals surface area contributed by atoms with Gasteiger partial charge in [-0.05, 0) is 89.2 Å². The summed E-state index contributed by atoms with van der Waals surface area (Å²) >= 11 is 0. The Kier molecular flexibility index (Phi) is 6.70. The maximum Gasteiger partial charge on any atom is 0.263 e. The molecular formula is C23H36N4O2. The Bertz CT molecular complexity index is 755. The summed E-state index contributed by atoms with van der Waals surface area (Å²) in [7, 11) is 0. The van der Waals surface area contributed by atoms with Crippen LogP contribution in [0.2, 0.25) is 0 Å². The normalized spacial score (nSPS) is 24.6. The zero-order valence-electron chi connectivity index (χ0n) is 17.9. The fourth-order valence-electron chi connectivity index (χ4n) is 5.30. The largest absolute Gasteiger partial charge is 0.338 e. The van der Waals surface area contributed by atoms with E-state index in [-0.39, 0.29) is 11.5 Å². The summed E-state index contributed by atoms with van der Waals surface area (Å²) in [6.45, 7) is 8.55. The maximum absolute atomic E-state index is 13.3. The summed E-state index contributed by atoms with van der Waals surface area (Å²) in [5.41, 5.74) is 1.07. The first-order valence-electron chi connectivity index (χ1n) is 11.6. The second kappa shape index (κ2) is 9.43. The molecule has 1 aromatic rings. The van der Waals surface area contributed by atoms with E-state index in [1.807, 2.05) is 24.1 Å². The fourth-order valence-corrected chi connectivity index (χ4v) is 5.30. The molecule has 1 amide bonds. The van der Waals surface area contributed by atoms with Gasteiger partial charge in [0, 0.05) is 31.9 Å². The molecule has 4 heterocycles. The molecule has 0 aromatic carbocycles. The fraction of sp³-hybridized carbons (Fsp3) is 0.739. The Labute approximate surface area is 174 Å². The monoisotopic (exact) mass is 400 g/mol. The molecule has 160 valence electrons. The van der Waals surface area contributed by atoms with Gasteiger partial charge >= 0.3 is 0 Å². The Hall–Kier alpha value is -1.66. The molecule has 3 saturated heterocycles. The van der Waals surface area contributed by atoms with E-state index in [4.69, 9.17) is 0 Å². The minimum Gasteiger partial charge on any atom is -0.338 e. The van der Waals surface area contributed by atoms with E-state index < -0.39 is 0 Å². The van der Waals surface area contributed by atoms with Crippen molar-refractivity contribution in [1.29, 1.82) is 0 Å². The first-order valence-corrected chi connectivity index (χ1v) is 11.6. The van der Waals surface area contributed by atoms with Crippen LogP contribution in [0.3, 0.4) is 0 Å². The quantitative estimate of drug-likeness (QED) is 0.842. The van der Waals surface area contributed by atoms with E-state index in [1.54, 1.807) is 4.57 Å². The molecule has 1 aromatic heterocycles. The van der Waals surface area contributed by atoms with Crippen LogP contribution in [0, 0.1) is 12.8 Å². The molecule has 6 nitrogen and oxygen atoms in total. The molecule has 6 heteroatoms. The highest BCUT2D eigenvalue weighted by Crippen LogP contribution is 2.22. The van der Waals surface area contributed by atoms with Gasteiger partial charge in [0.1, 0.15) is 5.56 Å². The highest BCUT2D eigenvalue weighted by molar-refractivity contribution is 5.95. The van der Waals surface area contributed by atoms with Crippen LogP contribution in [-0.4, -0.2) is 65.6 Å². The second-order valence-corrected chi connectivity index (χ2v) is 9.16. The standard InChI is InChI=1S/C23H36N4O2/c1-18-7-13-27(17-19-6-5-10-24-16-19)23(29)21(18)22(28)26-14-8-20(9-15-26)25-11-3-2-4-12-25/h7,13,19-20,24H,2-6,8-12,14-17H2,1H3. The number of hydrogen-bond acceptors (Lipinski definition) is 4. The third-order valence-corrected chi connectivity index (χ3v) is 7.10. The number of aromatic nitrogens is 1. The molecular weight excluding hydrogens is 364 g/mol. The Morgan fingerprint density at radius 1 is 1.07 bits per heavy atom. The second-order valence-electron chi connectivity index (χ2n) is 9.16. The number of piperidine rings is 3. The Balaban J connectivity index is 1.43. The number of amides is 1. The van der Waals surface area contributed by atoms with Crippen molar-refractivity contribution in [3.63, 3.8) is 0 Å². The van der Waals surface area contributed by atoms with E-state index in [0.29, 0.717) is 24.1 Å². The highest BCUT2D eigenvalue weighted by Gasteiger charge is 2.30. The summed E-state index contributed by atoms with van der Waals surface area (Å²) in [5.74, 6) is 0.396. The van der Waals surface area contributed by atoms with Crippen molar-refractivity contribution in [3.8, 4) is 0 Å². The van der Waals surface area contributed by atoms with Gasteiger partial charge in [0.05, 0.1) is 0 Å². The van der Waals surface area contributed by atoms with Crippen molar-refractivity contribution in [2.45, 2.75) is 64.5 Å². The third kappa shape index (κ3) is 4.75. The van der Waals surface area contributed by atoms with E-state index in [1.165, 1.54) is 32.4 Å². The van der Waals surface area contributed by atoms with Crippen LogP contribution >= 0.6 is 0 Å². The minimum atomic E-state index is -0.112. The van der Waals surface area contributed by atoms with Crippen LogP contribution in [0.15, 0.2) is 17.1 Å². The van der Waals surface area contributed by atoms with Crippen LogP contribution in [-0.2, 0) is 6.54 Å². The number of carbonyl (C=O) groups excluding carboxylic acids is 1. The van der Waals surface area contributed by atoms with E-state index >= 15 is 0 Å². The first kappa shape index (κ1) is 20.6. The number of hydrogen-bond donors (Lipinski definition) is 1. The van der Waals surface area contributed by atoms with Gasteiger partial charge in [-0.3, -0.25) is 9.59 Å². The molecule has 0 saturated carbocycles. The summed E-state index contributed by atoms with van der Waals surface area (Å²) < 4.78 is 1.76. The predicted octanol–water partition coefficient (Wildman–Crippen LogP) is 2.25. The van der Waals surface area contributed by atoms with Gasteiger partial charge in [-0.15, -0.1) is 0 Å². The topological polar surface area (TPSA) is 57.6 Å². The minimum absolute atomic E-state index is 0.0688. The Morgan fingerprint density at radius 3 is 2.52 bits per heavy atom. The van der Waals surface area contributed by atoms with Gasteiger partial charge in [-0.25, -0.2) is 0 Å². The van der Waals surface area contributed by atoms with Crippen LogP contribution < -0.4 is 10.9 Å². The van der Waals surface area contributed by atoms with Gasteiger partial charge in [-0.1, -0.05) is 6.42 Å². The molecule has 3 aliphatic rings. The van der Waals surface area contributed by atoms with E-state index in [0.717, 1.165) is 57.4 Å². The van der Waals surface area contributed by atoms with Crippen LogP contribution in [0.25, 0.3) is 0 Å². The van der Waals surface area contributed by atoms with Crippen molar-refractivity contribution >= 4 is 5.91 Å². The summed E-state index contributed by atoms with van der Waals surface area (Å²) in [4.78, 5) is 30.9. The van der Waals surface area contributed by atoms with Crippen molar-refractivity contribution < 1.29 is 4.79 Å². The van der Waals surface area contributed by atoms with E-state index in [2.05, 4.69) is 10.2 Å². The number of rotatable bonds is 4. The lowest BCUT2D eigenvalue weighted by Crippen LogP contribution is -2.49. The van der Waals surface area contributed by atoms with Crippen molar-refractivity contribution in [3.05, 3.63) is 33.7 Å². The van der Waals surface area contributed by atoms with Crippen LogP contribution in [0.1, 0.15) is 60.9 Å². The average Bonchev–Trinajstić information content (AvgIpc) is 2.77. The molecule has 0 radical (unpaired) electrons. The van der Waals surface area contributed by atoms with Crippen molar-refractivity contribution in [2.24, 2.45) is 5.92 Å². The average molecular weight is 401 g/mol. The van der Waals surface area contributed by atoms with Gasteiger partial charge in [-0.2, -0.15) is 0 Å². The first-order chi connectivity index (χ1) is 14.1. The van der Waals surface area contributed by atoms with Gasteiger partial charge < -0.3 is 19.7 Å². The summed E-state index contributed by atoms with van der Waals surface area (Å²) in [6.07, 6.45) is 10.2. The van der Waals surface area contributed by atoms with Gasteiger partial charge in [0.25, 0.3) is 11.5 Å². The highest BCUT2D eigenvalue weighted by atomic mass is 16.2. The number of nitrogens with zero attached hydrogens (tertiary/aromatic N) is 3. The lowest BCUT2D eigenvalue weighted by molar-refractivity contribution is 0.0587. The molecule has 1 atom stereocenters. The SMILES string of the molecule is Cc1ccn(CC2CCCNC2)c(=O)c1C(=O)N1CCC(N2CCCCC2)CC1. The number of pyridine rings is 1. The number of carbonyl (C=O) groups is 1. The molecule has 4 rings (SSSR count). The maximum atomic E-state index is 13.3. The van der Waals surface area contributed by atoms with Crippen molar-refractivity contribution in [2.75, 3.05) is 39.3 Å². The van der Waals surface area contributed by atoms with Crippen LogP contribution in [0.5, 0.6) is 0 Å². The van der Waals surface area contributed by atoms with Crippen LogP contribution in [0.4, 0.5) is 0 Å². The number of aryl methyl sites for hydroxylation is 1. The lowest BCUT2D eigenvalue weighted by Gasteiger charge is -2.40. The molecule has 1 unspecified atom stereocenters.